The topological polar surface area (TPSA) is 41.4 Å². The van der Waals surface area contributed by atoms with Gasteiger partial charge in [0, 0.05) is 37.7 Å². The zero-order chi connectivity index (χ0) is 22.3. The van der Waals surface area contributed by atoms with Crippen molar-refractivity contribution in [2.45, 2.75) is 18.5 Å². The highest BCUT2D eigenvalue weighted by Gasteiger charge is 2.18. The summed E-state index contributed by atoms with van der Waals surface area (Å²) in [5.41, 5.74) is 1.57. The van der Waals surface area contributed by atoms with Gasteiger partial charge in [0.05, 0.1) is 16.6 Å². The van der Waals surface area contributed by atoms with Gasteiger partial charge in [-0.1, -0.05) is 73.0 Å². The molecule has 2 aromatic carbocycles. The summed E-state index contributed by atoms with van der Waals surface area (Å²) in [5, 5.41) is 1.38. The number of piperazine rings is 1. The lowest BCUT2D eigenvalue weighted by atomic mass is 10.2. The van der Waals surface area contributed by atoms with Crippen molar-refractivity contribution in [3.63, 3.8) is 0 Å². The number of thioether (sulfide) groups is 2. The van der Waals surface area contributed by atoms with Gasteiger partial charge in [0.1, 0.15) is 4.32 Å². The van der Waals surface area contributed by atoms with Crippen molar-refractivity contribution in [1.29, 1.82) is 0 Å². The van der Waals surface area contributed by atoms with E-state index in [-0.39, 0.29) is 5.56 Å². The normalized spacial score (nSPS) is 14.7. The van der Waals surface area contributed by atoms with E-state index < -0.39 is 0 Å². The van der Waals surface area contributed by atoms with Gasteiger partial charge in [0.2, 0.25) is 0 Å². The first-order chi connectivity index (χ1) is 15.7. The van der Waals surface area contributed by atoms with Crippen molar-refractivity contribution in [3.05, 3.63) is 65.0 Å². The summed E-state index contributed by atoms with van der Waals surface area (Å²) in [5.74, 6) is 1.86. The van der Waals surface area contributed by atoms with Gasteiger partial charge >= 0.3 is 0 Å². The van der Waals surface area contributed by atoms with E-state index in [1.165, 1.54) is 0 Å². The van der Waals surface area contributed by atoms with Gasteiger partial charge in [-0.25, -0.2) is 4.98 Å². The molecule has 0 unspecified atom stereocenters. The maximum atomic E-state index is 13.2. The molecule has 8 heteroatoms. The van der Waals surface area contributed by atoms with E-state index in [1.807, 2.05) is 54.6 Å². The molecule has 32 heavy (non-hydrogen) atoms. The number of fused-ring (bicyclic) bond motifs is 1. The average Bonchev–Trinajstić information content (AvgIpc) is 2.84. The number of aromatic nitrogens is 2. The van der Waals surface area contributed by atoms with E-state index in [2.05, 4.69) is 16.7 Å². The van der Waals surface area contributed by atoms with E-state index in [1.54, 1.807) is 28.1 Å². The molecule has 1 aliphatic heterocycles. The van der Waals surface area contributed by atoms with E-state index in [4.69, 9.17) is 17.2 Å². The van der Waals surface area contributed by atoms with Crippen LogP contribution in [0.15, 0.2) is 64.5 Å². The van der Waals surface area contributed by atoms with Gasteiger partial charge in [-0.15, -0.1) is 0 Å². The first kappa shape index (κ1) is 23.3. The lowest BCUT2D eigenvalue weighted by Crippen LogP contribution is -2.47. The summed E-state index contributed by atoms with van der Waals surface area (Å²) in [6.45, 7) is 7.57. The molecule has 0 radical (unpaired) electrons. The lowest BCUT2D eigenvalue weighted by Gasteiger charge is -2.35. The van der Waals surface area contributed by atoms with Gasteiger partial charge in [-0.2, -0.15) is 0 Å². The van der Waals surface area contributed by atoms with Crippen LogP contribution in [0, 0.1) is 0 Å². The molecule has 0 spiro atoms. The zero-order valence-electron chi connectivity index (χ0n) is 18.3. The van der Waals surface area contributed by atoms with E-state index in [9.17, 15) is 4.79 Å². The summed E-state index contributed by atoms with van der Waals surface area (Å²) in [6.07, 6.45) is 1.00. The van der Waals surface area contributed by atoms with Crippen LogP contribution in [-0.4, -0.2) is 67.9 Å². The number of nitrogens with zero attached hydrogens (tertiary/aromatic N) is 4. The Bertz CT molecular complexity index is 1110. The predicted molar refractivity (Wildman–Crippen MR) is 141 cm³/mol. The maximum Gasteiger partial charge on any atom is 0.266 e. The van der Waals surface area contributed by atoms with Crippen LogP contribution >= 0.6 is 35.7 Å². The van der Waals surface area contributed by atoms with Crippen LogP contribution in [0.2, 0.25) is 0 Å². The minimum Gasteiger partial charge on any atom is -0.355 e. The molecule has 0 aliphatic carbocycles. The molecule has 168 valence electrons. The van der Waals surface area contributed by atoms with Gasteiger partial charge in [-0.05, 0) is 37.2 Å². The third-order valence-corrected chi connectivity index (χ3v) is 8.22. The van der Waals surface area contributed by atoms with Crippen LogP contribution in [0.25, 0.3) is 16.6 Å². The minimum atomic E-state index is -0.0222. The summed E-state index contributed by atoms with van der Waals surface area (Å²) in [7, 11) is 0. The molecule has 3 aromatic rings. The molecular formula is C24H28N4OS3. The van der Waals surface area contributed by atoms with E-state index >= 15 is 0 Å². The van der Waals surface area contributed by atoms with Crippen LogP contribution in [0.3, 0.4) is 0 Å². The maximum absolute atomic E-state index is 13.2. The molecule has 1 fully saturated rings. The summed E-state index contributed by atoms with van der Waals surface area (Å²) >= 11 is 9.06. The van der Waals surface area contributed by atoms with Crippen molar-refractivity contribution >= 4 is 51.0 Å². The fourth-order valence-electron chi connectivity index (χ4n) is 3.73. The number of hydrogen-bond donors (Lipinski definition) is 0. The second-order valence-electron chi connectivity index (χ2n) is 7.63. The molecule has 1 saturated heterocycles. The second kappa shape index (κ2) is 11.3. The Morgan fingerprint density at radius 2 is 1.72 bits per heavy atom. The fourth-order valence-corrected chi connectivity index (χ4v) is 6.13. The minimum absolute atomic E-state index is 0.0222. The quantitative estimate of drug-likeness (QED) is 0.211. The molecule has 0 atom stereocenters. The molecule has 0 amide bonds. The molecule has 4 rings (SSSR count). The standard InChI is InChI=1S/C24H28N4OS3/c1-2-26-13-15-27(16-14-26)24(30)32-18-8-17-31-23-25-21-12-7-6-11-20(21)22(29)28(23)19-9-4-3-5-10-19/h3-7,9-12H,2,8,13-18H2,1H3. The highest BCUT2D eigenvalue weighted by molar-refractivity contribution is 8.22. The second-order valence-corrected chi connectivity index (χ2v) is 10.4. The molecule has 1 aliphatic rings. The third kappa shape index (κ3) is 5.54. The predicted octanol–water partition coefficient (Wildman–Crippen LogP) is 4.52. The van der Waals surface area contributed by atoms with Crippen molar-refractivity contribution in [2.75, 3.05) is 44.2 Å². The Hall–Kier alpha value is -1.87. The third-order valence-electron chi connectivity index (χ3n) is 5.58. The van der Waals surface area contributed by atoms with Crippen LogP contribution in [-0.2, 0) is 0 Å². The van der Waals surface area contributed by atoms with Crippen LogP contribution in [0.5, 0.6) is 0 Å². The number of hydrogen-bond acceptors (Lipinski definition) is 6. The molecule has 2 heterocycles. The number of para-hydroxylation sites is 2. The van der Waals surface area contributed by atoms with Crippen molar-refractivity contribution in [1.82, 2.24) is 19.4 Å². The number of benzene rings is 2. The zero-order valence-corrected chi connectivity index (χ0v) is 20.7. The lowest BCUT2D eigenvalue weighted by molar-refractivity contribution is 0.193. The number of thiocarbonyl (C=S) groups is 1. The van der Waals surface area contributed by atoms with E-state index in [0.29, 0.717) is 5.39 Å². The van der Waals surface area contributed by atoms with Crippen molar-refractivity contribution in [3.8, 4) is 5.69 Å². The Balaban J connectivity index is 1.38. The van der Waals surface area contributed by atoms with Crippen LogP contribution in [0.1, 0.15) is 13.3 Å². The first-order valence-corrected chi connectivity index (χ1v) is 13.4. The summed E-state index contributed by atoms with van der Waals surface area (Å²) in [6, 6.07) is 17.3. The largest absolute Gasteiger partial charge is 0.355 e. The van der Waals surface area contributed by atoms with Crippen molar-refractivity contribution < 1.29 is 0 Å². The summed E-state index contributed by atoms with van der Waals surface area (Å²) < 4.78 is 2.74. The van der Waals surface area contributed by atoms with Crippen LogP contribution < -0.4 is 5.56 Å². The Labute approximate surface area is 203 Å². The fraction of sp³-hybridized carbons (Fsp3) is 0.375. The first-order valence-electron chi connectivity index (χ1n) is 11.0. The highest BCUT2D eigenvalue weighted by atomic mass is 32.2. The molecule has 1 aromatic heterocycles. The highest BCUT2D eigenvalue weighted by Crippen LogP contribution is 2.23. The van der Waals surface area contributed by atoms with Gasteiger partial charge in [0.15, 0.2) is 5.16 Å². The molecular weight excluding hydrogens is 456 g/mol. The average molecular weight is 485 g/mol. The smallest absolute Gasteiger partial charge is 0.266 e. The molecule has 0 bridgehead atoms. The van der Waals surface area contributed by atoms with Gasteiger partial charge < -0.3 is 9.80 Å². The molecule has 0 N–H and O–H groups in total. The van der Waals surface area contributed by atoms with Gasteiger partial charge in [0.25, 0.3) is 5.56 Å². The molecule has 5 nitrogen and oxygen atoms in total. The van der Waals surface area contributed by atoms with E-state index in [0.717, 1.165) is 71.3 Å². The Kier molecular flexibility index (Phi) is 8.24. The van der Waals surface area contributed by atoms with Crippen LogP contribution in [0.4, 0.5) is 0 Å². The van der Waals surface area contributed by atoms with Gasteiger partial charge in [-0.3, -0.25) is 9.36 Å². The Morgan fingerprint density at radius 3 is 2.47 bits per heavy atom. The Morgan fingerprint density at radius 1 is 1.00 bits per heavy atom. The van der Waals surface area contributed by atoms with Crippen molar-refractivity contribution in [2.24, 2.45) is 0 Å². The summed E-state index contributed by atoms with van der Waals surface area (Å²) in [4.78, 5) is 22.8. The SMILES string of the molecule is CCN1CCN(C(=S)SCCCSc2nc3ccccc3c(=O)n2-c2ccccc2)CC1. The monoisotopic (exact) mass is 484 g/mol. The molecule has 0 saturated carbocycles. The number of likely N-dealkylation sites (N-methyl/N-ethyl adjacent to an activating group) is 1. The number of rotatable bonds is 7.